The Hall–Kier alpha value is -7.51. The first-order valence-corrected chi connectivity index (χ1v) is 18.1. The predicted molar refractivity (Wildman–Crippen MR) is 210 cm³/mol. The fourth-order valence-electron chi connectivity index (χ4n) is 6.17. The predicted octanol–water partition coefficient (Wildman–Crippen LogP) is 8.72. The quantitative estimate of drug-likeness (QED) is 0.0904. The molecule has 0 unspecified atom stereocenters. The van der Waals surface area contributed by atoms with Gasteiger partial charge in [-0.3, -0.25) is 9.13 Å². The largest absolute Gasteiger partial charge is 0.423 e. The fourth-order valence-corrected chi connectivity index (χ4v) is 6.17. The third-order valence-electron chi connectivity index (χ3n) is 8.96. The molecule has 8 rings (SSSR count). The van der Waals surface area contributed by atoms with Gasteiger partial charge in [-0.05, 0) is 72.8 Å². The second-order valence-corrected chi connectivity index (χ2v) is 13.0. The lowest BCUT2D eigenvalue weighted by Crippen LogP contribution is -2.26. The first-order chi connectivity index (χ1) is 28.5. The smallest absolute Gasteiger partial charge is 0.416 e. The van der Waals surface area contributed by atoms with Crippen LogP contribution >= 0.6 is 0 Å². The van der Waals surface area contributed by atoms with Crippen LogP contribution in [0.15, 0.2) is 108 Å². The summed E-state index contributed by atoms with van der Waals surface area (Å²) in [4.78, 5) is 26.1. The molecule has 0 aliphatic carbocycles. The molecule has 0 saturated heterocycles. The minimum atomic E-state index is -4.45. The molecule has 0 saturated carbocycles. The summed E-state index contributed by atoms with van der Waals surface area (Å²) >= 11 is 0. The van der Waals surface area contributed by atoms with Crippen molar-refractivity contribution >= 4 is 51.0 Å². The molecule has 13 nitrogen and oxygen atoms in total. The maximum Gasteiger partial charge on any atom is 0.416 e. The summed E-state index contributed by atoms with van der Waals surface area (Å²) in [7, 11) is 0. The van der Waals surface area contributed by atoms with Gasteiger partial charge in [-0.2, -0.15) is 41.3 Å². The van der Waals surface area contributed by atoms with Crippen LogP contribution in [0.2, 0.25) is 0 Å². The fraction of sp³-hybridized carbons (Fsp3) is 0.150. The van der Waals surface area contributed by atoms with E-state index in [1.54, 1.807) is 15.2 Å². The molecule has 0 fully saturated rings. The van der Waals surface area contributed by atoms with Crippen LogP contribution in [0.5, 0.6) is 0 Å². The summed E-state index contributed by atoms with van der Waals surface area (Å²) in [6.45, 7) is 3.85. The van der Waals surface area contributed by atoms with E-state index in [9.17, 15) is 35.9 Å². The molecule has 60 heavy (non-hydrogen) atoms. The van der Waals surface area contributed by atoms with E-state index in [1.165, 1.54) is 48.5 Å². The van der Waals surface area contributed by atoms with Gasteiger partial charge in [0.1, 0.15) is 40.7 Å². The lowest BCUT2D eigenvalue weighted by molar-refractivity contribution is -0.138. The zero-order chi connectivity index (χ0) is 42.9. The number of rotatable bonds is 7. The molecule has 8 aromatic rings. The maximum atomic E-state index is 13.8. The molecule has 0 amide bonds. The van der Waals surface area contributed by atoms with Crippen LogP contribution < -0.4 is 22.4 Å². The highest BCUT2D eigenvalue weighted by atomic mass is 19.4. The molecule has 0 spiro atoms. The van der Waals surface area contributed by atoms with Crippen LogP contribution in [0.1, 0.15) is 36.6 Å². The second-order valence-electron chi connectivity index (χ2n) is 13.0. The number of nitrogens with two attached hydrogens (primary N) is 2. The van der Waals surface area contributed by atoms with Gasteiger partial charge in [-0.1, -0.05) is 26.0 Å². The number of anilines is 4. The third kappa shape index (κ3) is 8.52. The van der Waals surface area contributed by atoms with E-state index in [0.29, 0.717) is 51.8 Å². The summed E-state index contributed by atoms with van der Waals surface area (Å²) in [6.07, 6.45) is -7.69. The third-order valence-corrected chi connectivity index (χ3v) is 8.96. The van der Waals surface area contributed by atoms with Gasteiger partial charge in [0.2, 0.25) is 5.95 Å². The Balaban J connectivity index is 0.000000181. The van der Waals surface area contributed by atoms with Crippen molar-refractivity contribution in [1.82, 2.24) is 38.8 Å². The van der Waals surface area contributed by atoms with Crippen LogP contribution in [0.3, 0.4) is 0 Å². The van der Waals surface area contributed by atoms with E-state index in [-0.39, 0.29) is 28.9 Å². The van der Waals surface area contributed by atoms with E-state index in [1.807, 2.05) is 38.1 Å². The molecule has 4 aromatic carbocycles. The molecule has 0 bridgehead atoms. The molecule has 0 aliphatic heterocycles. The van der Waals surface area contributed by atoms with Gasteiger partial charge in [0.05, 0.1) is 38.9 Å². The Morgan fingerprint density at radius 3 is 1.83 bits per heavy atom. The van der Waals surface area contributed by atoms with Crippen molar-refractivity contribution < 1.29 is 35.9 Å². The average Bonchev–Trinajstić information content (AvgIpc) is 3.77. The molecule has 4 aromatic heterocycles. The Morgan fingerprint density at radius 1 is 0.650 bits per heavy atom. The number of fused-ring (bicyclic) bond motifs is 2. The summed E-state index contributed by atoms with van der Waals surface area (Å²) in [5, 5.41) is 13.1. The second kappa shape index (κ2) is 16.0. The van der Waals surface area contributed by atoms with Gasteiger partial charge in [0.25, 0.3) is 5.62 Å². The Kier molecular flexibility index (Phi) is 10.9. The minimum Gasteiger partial charge on any atom is -0.423 e. The molecule has 20 heteroatoms. The van der Waals surface area contributed by atoms with E-state index in [4.69, 9.17) is 11.5 Å². The maximum absolute atomic E-state index is 13.8. The van der Waals surface area contributed by atoms with Crippen molar-refractivity contribution in [2.24, 2.45) is 4.99 Å². The number of benzene rings is 4. The highest BCUT2D eigenvalue weighted by molar-refractivity contribution is 5.79. The van der Waals surface area contributed by atoms with Crippen LogP contribution in [-0.2, 0) is 25.2 Å². The normalized spacial score (nSPS) is 12.2. The van der Waals surface area contributed by atoms with Crippen molar-refractivity contribution in [1.29, 1.82) is 0 Å². The Morgan fingerprint density at radius 2 is 1.22 bits per heavy atom. The number of nitrogen functional groups attached to an aromatic ring is 2. The molecule has 0 aliphatic rings. The van der Waals surface area contributed by atoms with E-state index >= 15 is 0 Å². The molecule has 6 N–H and O–H groups in total. The van der Waals surface area contributed by atoms with Crippen molar-refractivity contribution in [3.8, 4) is 11.6 Å². The monoisotopic (exact) mass is 830 g/mol. The molecule has 4 heterocycles. The van der Waals surface area contributed by atoms with Gasteiger partial charge in [-0.15, -0.1) is 4.73 Å². The minimum absolute atomic E-state index is 0.0366. The van der Waals surface area contributed by atoms with Gasteiger partial charge >= 0.3 is 12.4 Å². The number of hydrogen-bond donors (Lipinski definition) is 4. The standard InChI is InChI=1S/C20H16F4N6.C20H17F3N6O/c1-2-17-27-14-8-5-12(21)9-15(14)30(17)18-10-16(25)28-19(29-18)26-13-6-3-11(4-7-13)20(22,23)24;1-2-17-26-14-5-3-4-6-15(14)28(17)18-11-16(24)29(30)19(27-18)25-13-9-7-12(8-10-13)20(21,22)23/h3-10H,2H2,1H3,(H3,25,26,28,29);3-11,30H,2,24H2,1H3. The first-order valence-electron chi connectivity index (χ1n) is 18.1. The van der Waals surface area contributed by atoms with Crippen molar-refractivity contribution in [3.63, 3.8) is 0 Å². The Labute approximate surface area is 335 Å². The van der Waals surface area contributed by atoms with Gasteiger partial charge in [0.15, 0.2) is 0 Å². The number of aromatic nitrogens is 8. The van der Waals surface area contributed by atoms with E-state index < -0.39 is 29.3 Å². The first kappa shape index (κ1) is 40.7. The van der Waals surface area contributed by atoms with Crippen LogP contribution in [0.4, 0.5) is 59.7 Å². The summed E-state index contributed by atoms with van der Waals surface area (Å²) < 4.78 is 94.4. The summed E-state index contributed by atoms with van der Waals surface area (Å²) in [5.74, 6) is 1.89. The highest BCUT2D eigenvalue weighted by Crippen LogP contribution is 2.32. The van der Waals surface area contributed by atoms with Crippen molar-refractivity contribution in [2.75, 3.05) is 16.8 Å². The van der Waals surface area contributed by atoms with Crippen LogP contribution in [-0.4, -0.2) is 44.0 Å². The van der Waals surface area contributed by atoms with Crippen LogP contribution in [0.25, 0.3) is 33.7 Å². The van der Waals surface area contributed by atoms with Gasteiger partial charge in [-0.25, -0.2) is 19.4 Å². The number of imidazole rings is 2. The number of nitrogens with zero attached hydrogens (tertiary/aromatic N) is 9. The lowest BCUT2D eigenvalue weighted by Gasteiger charge is -2.12. The Bertz CT molecular complexity index is 2900. The number of halogens is 7. The van der Waals surface area contributed by atoms with Gasteiger partial charge < -0.3 is 22.0 Å². The number of aryl methyl sites for hydroxylation is 2. The molecular weight excluding hydrogens is 798 g/mol. The highest BCUT2D eigenvalue weighted by Gasteiger charge is 2.31. The number of para-hydroxylation sites is 2. The van der Waals surface area contributed by atoms with Crippen molar-refractivity contribution in [3.05, 3.63) is 137 Å². The van der Waals surface area contributed by atoms with E-state index in [0.717, 1.165) is 41.1 Å². The molecule has 0 atom stereocenters. The lowest BCUT2D eigenvalue weighted by atomic mass is 10.2. The molecular formula is C40H33F7N12O. The topological polar surface area (TPSA) is 176 Å². The molecule has 308 valence electrons. The molecule has 0 radical (unpaired) electrons. The van der Waals surface area contributed by atoms with Gasteiger partial charge in [0, 0.05) is 36.7 Å². The zero-order valence-electron chi connectivity index (χ0n) is 31.5. The summed E-state index contributed by atoms with van der Waals surface area (Å²) in [5.41, 5.74) is 13.3. The van der Waals surface area contributed by atoms with Crippen LogP contribution in [0, 0.1) is 5.82 Å². The van der Waals surface area contributed by atoms with Crippen molar-refractivity contribution in [2.45, 2.75) is 39.0 Å². The van der Waals surface area contributed by atoms with E-state index in [2.05, 4.69) is 35.2 Å². The average molecular weight is 831 g/mol. The number of hydrogen-bond acceptors (Lipinski definition) is 10. The zero-order valence-corrected chi connectivity index (χ0v) is 31.5. The number of alkyl halides is 6. The summed E-state index contributed by atoms with van der Waals surface area (Å²) in [6, 6.07) is 23.4. The SMILES string of the molecule is CCc1nc2ccc(F)cc2n1-c1cc(N)nc(Nc2ccc(C(F)(F)F)cc2)n1.CCc1nc2ccccc2n1-c1cc(N)n(O)c(=Nc2ccc(C(F)(F)F)cc2)n1. The number of nitrogens with one attached hydrogen (secondary N) is 1.